The van der Waals surface area contributed by atoms with Crippen molar-refractivity contribution in [2.45, 2.75) is 39.0 Å². The third-order valence-electron chi connectivity index (χ3n) is 3.68. The number of imidazole rings is 1. The molecule has 2 aromatic heterocycles. The summed E-state index contributed by atoms with van der Waals surface area (Å²) in [5, 5.41) is 1.01. The zero-order valence-electron chi connectivity index (χ0n) is 11.8. The Balaban J connectivity index is 1.73. The summed E-state index contributed by atoms with van der Waals surface area (Å²) in [5.74, 6) is 1.84. The number of hydrogen-bond donors (Lipinski definition) is 0. The van der Waals surface area contributed by atoms with Gasteiger partial charge in [0.25, 0.3) is 0 Å². The Hall–Kier alpha value is -1.47. The number of nitrogens with zero attached hydrogens (tertiary/aromatic N) is 5. The molecule has 20 heavy (non-hydrogen) atoms. The molecule has 1 aliphatic rings. The molecule has 2 aromatic rings. The first kappa shape index (κ1) is 13.5. The summed E-state index contributed by atoms with van der Waals surface area (Å²) in [6, 6.07) is 0.478. The number of aryl methyl sites for hydroxylation is 1. The molecule has 6 nitrogen and oxygen atoms in total. The van der Waals surface area contributed by atoms with Crippen LogP contribution >= 0.6 is 11.5 Å². The zero-order chi connectivity index (χ0) is 13.9. The van der Waals surface area contributed by atoms with E-state index in [1.54, 1.807) is 7.11 Å². The SMILES string of the molecule is COCc1nsc(N2CCC[C@@H]2Cn2ccnc2C)n1. The van der Waals surface area contributed by atoms with Crippen molar-refractivity contribution in [3.05, 3.63) is 24.0 Å². The number of rotatable bonds is 5. The number of aromatic nitrogens is 4. The van der Waals surface area contributed by atoms with Crippen molar-refractivity contribution in [2.75, 3.05) is 18.6 Å². The highest BCUT2D eigenvalue weighted by Crippen LogP contribution is 2.28. The van der Waals surface area contributed by atoms with Crippen LogP contribution in [-0.2, 0) is 17.9 Å². The molecule has 1 fully saturated rings. The molecule has 0 aromatic carbocycles. The Labute approximate surface area is 122 Å². The first-order valence-electron chi connectivity index (χ1n) is 6.84. The smallest absolute Gasteiger partial charge is 0.205 e. The molecule has 0 spiro atoms. The van der Waals surface area contributed by atoms with Crippen LogP contribution in [0.2, 0.25) is 0 Å². The van der Waals surface area contributed by atoms with E-state index in [2.05, 4.69) is 23.8 Å². The lowest BCUT2D eigenvalue weighted by Crippen LogP contribution is -2.33. The minimum atomic E-state index is 0.478. The van der Waals surface area contributed by atoms with Crippen LogP contribution in [0.1, 0.15) is 24.5 Å². The molecule has 7 heteroatoms. The third-order valence-corrected chi connectivity index (χ3v) is 4.48. The average molecular weight is 293 g/mol. The van der Waals surface area contributed by atoms with Crippen molar-refractivity contribution in [3.63, 3.8) is 0 Å². The molecular formula is C13H19N5OS. The Morgan fingerprint density at radius 2 is 2.40 bits per heavy atom. The topological polar surface area (TPSA) is 56.1 Å². The van der Waals surface area contributed by atoms with Gasteiger partial charge < -0.3 is 14.2 Å². The molecule has 0 aliphatic carbocycles. The lowest BCUT2D eigenvalue weighted by Gasteiger charge is -2.24. The van der Waals surface area contributed by atoms with Gasteiger partial charge in [0.15, 0.2) is 5.82 Å². The fraction of sp³-hybridized carbons (Fsp3) is 0.615. The van der Waals surface area contributed by atoms with E-state index >= 15 is 0 Å². The van der Waals surface area contributed by atoms with E-state index in [9.17, 15) is 0 Å². The van der Waals surface area contributed by atoms with Crippen molar-refractivity contribution in [2.24, 2.45) is 0 Å². The summed E-state index contributed by atoms with van der Waals surface area (Å²) in [4.78, 5) is 11.2. The average Bonchev–Trinajstić information content (AvgIpc) is 3.13. The fourth-order valence-electron chi connectivity index (χ4n) is 2.65. The van der Waals surface area contributed by atoms with Gasteiger partial charge >= 0.3 is 0 Å². The zero-order valence-corrected chi connectivity index (χ0v) is 12.6. The first-order valence-corrected chi connectivity index (χ1v) is 7.61. The van der Waals surface area contributed by atoms with Gasteiger partial charge in [-0.3, -0.25) is 0 Å². The largest absolute Gasteiger partial charge is 0.377 e. The van der Waals surface area contributed by atoms with E-state index in [4.69, 9.17) is 4.74 Å². The van der Waals surface area contributed by atoms with Gasteiger partial charge in [0.05, 0.1) is 0 Å². The van der Waals surface area contributed by atoms with Crippen LogP contribution in [0.4, 0.5) is 5.13 Å². The van der Waals surface area contributed by atoms with E-state index < -0.39 is 0 Å². The molecule has 0 radical (unpaired) electrons. The fourth-order valence-corrected chi connectivity index (χ4v) is 3.42. The highest BCUT2D eigenvalue weighted by atomic mass is 32.1. The number of methoxy groups -OCH3 is 1. The summed E-state index contributed by atoms with van der Waals surface area (Å²) in [7, 11) is 1.67. The predicted octanol–water partition coefficient (Wildman–Crippen LogP) is 1.86. The molecule has 0 saturated carbocycles. The molecule has 1 aliphatic heterocycles. The quantitative estimate of drug-likeness (QED) is 0.842. The minimum Gasteiger partial charge on any atom is -0.377 e. The van der Waals surface area contributed by atoms with Gasteiger partial charge in [0.2, 0.25) is 5.13 Å². The Kier molecular flexibility index (Phi) is 3.98. The Morgan fingerprint density at radius 1 is 1.50 bits per heavy atom. The lowest BCUT2D eigenvalue weighted by atomic mass is 10.2. The normalized spacial score (nSPS) is 18.9. The van der Waals surface area contributed by atoms with E-state index in [1.807, 2.05) is 19.3 Å². The van der Waals surface area contributed by atoms with E-state index in [1.165, 1.54) is 24.4 Å². The molecular weight excluding hydrogens is 274 g/mol. The molecule has 0 unspecified atom stereocenters. The Morgan fingerprint density at radius 3 is 3.15 bits per heavy atom. The summed E-state index contributed by atoms with van der Waals surface area (Å²) in [5.41, 5.74) is 0. The molecule has 1 atom stereocenters. The molecule has 3 rings (SSSR count). The second-order valence-electron chi connectivity index (χ2n) is 5.04. The predicted molar refractivity (Wildman–Crippen MR) is 78.0 cm³/mol. The van der Waals surface area contributed by atoms with E-state index in [-0.39, 0.29) is 0 Å². The van der Waals surface area contributed by atoms with Crippen molar-refractivity contribution in [1.29, 1.82) is 0 Å². The summed E-state index contributed by atoms with van der Waals surface area (Å²) in [6.07, 6.45) is 6.30. The second kappa shape index (κ2) is 5.88. The Bertz CT molecular complexity index is 567. The molecule has 0 N–H and O–H groups in total. The van der Waals surface area contributed by atoms with Crippen molar-refractivity contribution >= 4 is 16.7 Å². The number of anilines is 1. The number of hydrogen-bond acceptors (Lipinski definition) is 6. The molecule has 0 amide bonds. The molecule has 3 heterocycles. The van der Waals surface area contributed by atoms with Crippen LogP contribution < -0.4 is 4.90 Å². The van der Waals surface area contributed by atoms with Crippen molar-refractivity contribution in [1.82, 2.24) is 18.9 Å². The van der Waals surface area contributed by atoms with Gasteiger partial charge in [-0.2, -0.15) is 4.37 Å². The lowest BCUT2D eigenvalue weighted by molar-refractivity contribution is 0.179. The maximum absolute atomic E-state index is 5.08. The third kappa shape index (κ3) is 2.69. The summed E-state index contributed by atoms with van der Waals surface area (Å²) >= 11 is 1.47. The van der Waals surface area contributed by atoms with Gasteiger partial charge in [-0.1, -0.05) is 0 Å². The van der Waals surface area contributed by atoms with Gasteiger partial charge in [0, 0.05) is 50.2 Å². The van der Waals surface area contributed by atoms with Gasteiger partial charge in [-0.15, -0.1) is 0 Å². The van der Waals surface area contributed by atoms with Crippen molar-refractivity contribution < 1.29 is 4.74 Å². The van der Waals surface area contributed by atoms with Gasteiger partial charge in [-0.25, -0.2) is 9.97 Å². The number of ether oxygens (including phenoxy) is 1. The summed E-state index contributed by atoms with van der Waals surface area (Å²) in [6.45, 7) is 4.54. The molecule has 108 valence electrons. The van der Waals surface area contributed by atoms with Crippen molar-refractivity contribution in [3.8, 4) is 0 Å². The second-order valence-corrected chi connectivity index (χ2v) is 5.77. The van der Waals surface area contributed by atoms with Crippen LogP contribution in [-0.4, -0.2) is 38.6 Å². The highest BCUT2D eigenvalue weighted by molar-refractivity contribution is 7.09. The van der Waals surface area contributed by atoms with Crippen LogP contribution in [0.25, 0.3) is 0 Å². The minimum absolute atomic E-state index is 0.478. The maximum atomic E-state index is 5.08. The van der Waals surface area contributed by atoms with Crippen LogP contribution in [0, 0.1) is 6.92 Å². The van der Waals surface area contributed by atoms with Crippen LogP contribution in [0.15, 0.2) is 12.4 Å². The van der Waals surface area contributed by atoms with Crippen LogP contribution in [0.3, 0.4) is 0 Å². The molecule has 1 saturated heterocycles. The standard InChI is InChI=1S/C13H19N5OS/c1-10-14-5-7-17(10)8-11-4-3-6-18(11)13-15-12(9-19-2)16-20-13/h5,7,11H,3-4,6,8-9H2,1-2H3/t11-/m1/s1. The van der Waals surface area contributed by atoms with Gasteiger partial charge in [0.1, 0.15) is 12.4 Å². The monoisotopic (exact) mass is 293 g/mol. The summed E-state index contributed by atoms with van der Waals surface area (Å²) < 4.78 is 11.6. The highest BCUT2D eigenvalue weighted by Gasteiger charge is 2.27. The first-order chi connectivity index (χ1) is 9.78. The van der Waals surface area contributed by atoms with E-state index in [0.717, 1.165) is 29.9 Å². The van der Waals surface area contributed by atoms with Crippen LogP contribution in [0.5, 0.6) is 0 Å². The maximum Gasteiger partial charge on any atom is 0.205 e. The molecule has 0 bridgehead atoms. The van der Waals surface area contributed by atoms with Gasteiger partial charge in [-0.05, 0) is 19.8 Å². The van der Waals surface area contributed by atoms with E-state index in [0.29, 0.717) is 12.6 Å².